The number of halogens is 2. The van der Waals surface area contributed by atoms with Crippen LogP contribution in [-0.2, 0) is 6.54 Å². The lowest BCUT2D eigenvalue weighted by Gasteiger charge is -2.05. The molecule has 0 atom stereocenters. The van der Waals surface area contributed by atoms with Crippen molar-refractivity contribution in [1.29, 1.82) is 0 Å². The molecule has 1 aromatic heterocycles. The molecule has 2 N–H and O–H groups in total. The Balaban J connectivity index is 2.27. The first kappa shape index (κ1) is 11.1. The summed E-state index contributed by atoms with van der Waals surface area (Å²) in [6.45, 7) is 2.46. The van der Waals surface area contributed by atoms with Crippen molar-refractivity contribution in [3.8, 4) is 0 Å². The van der Waals surface area contributed by atoms with Crippen molar-refractivity contribution < 1.29 is 4.39 Å². The first-order valence-electron chi connectivity index (χ1n) is 4.79. The van der Waals surface area contributed by atoms with Crippen LogP contribution >= 0.6 is 15.9 Å². The molecule has 2 aromatic rings. The average molecular weight is 284 g/mol. The minimum atomic E-state index is -0.220. The van der Waals surface area contributed by atoms with Crippen molar-refractivity contribution in [2.75, 3.05) is 5.73 Å². The highest BCUT2D eigenvalue weighted by atomic mass is 79.9. The Morgan fingerprint density at radius 1 is 1.50 bits per heavy atom. The van der Waals surface area contributed by atoms with Crippen LogP contribution in [0.4, 0.5) is 10.2 Å². The molecule has 0 saturated carbocycles. The maximum Gasteiger partial charge on any atom is 0.159 e. The number of nitrogen functional groups attached to an aromatic ring is 1. The van der Waals surface area contributed by atoms with Gasteiger partial charge in [0.05, 0.1) is 11.0 Å². The summed E-state index contributed by atoms with van der Waals surface area (Å²) < 4.78 is 15.4. The molecule has 16 heavy (non-hydrogen) atoms. The topological polar surface area (TPSA) is 43.8 Å². The van der Waals surface area contributed by atoms with Gasteiger partial charge in [0.25, 0.3) is 0 Å². The summed E-state index contributed by atoms with van der Waals surface area (Å²) in [5.74, 6) is 0.238. The Kier molecular flexibility index (Phi) is 2.96. The fourth-order valence-corrected chi connectivity index (χ4v) is 1.82. The molecule has 0 fully saturated rings. The third-order valence-electron chi connectivity index (χ3n) is 2.38. The Labute approximate surface area is 101 Å². The number of hydrogen-bond donors (Lipinski definition) is 1. The van der Waals surface area contributed by atoms with Crippen molar-refractivity contribution in [2.45, 2.75) is 13.5 Å². The van der Waals surface area contributed by atoms with Gasteiger partial charge in [-0.05, 0) is 46.1 Å². The molecule has 2 rings (SSSR count). The highest BCUT2D eigenvalue weighted by Crippen LogP contribution is 2.18. The highest BCUT2D eigenvalue weighted by molar-refractivity contribution is 9.10. The number of nitrogens with two attached hydrogens (primary N) is 1. The van der Waals surface area contributed by atoms with Crippen LogP contribution in [0.15, 0.2) is 28.9 Å². The van der Waals surface area contributed by atoms with Crippen molar-refractivity contribution >= 4 is 21.7 Å². The van der Waals surface area contributed by atoms with Crippen LogP contribution < -0.4 is 5.73 Å². The van der Waals surface area contributed by atoms with E-state index in [4.69, 9.17) is 5.73 Å². The van der Waals surface area contributed by atoms with Crippen LogP contribution in [-0.4, -0.2) is 9.78 Å². The number of benzene rings is 1. The number of rotatable bonds is 2. The van der Waals surface area contributed by atoms with E-state index in [1.165, 1.54) is 12.1 Å². The first-order valence-corrected chi connectivity index (χ1v) is 5.59. The molecule has 0 spiro atoms. The number of aromatic nitrogens is 2. The molecule has 0 amide bonds. The van der Waals surface area contributed by atoms with E-state index in [1.807, 2.05) is 6.92 Å². The molecule has 84 valence electrons. The largest absolute Gasteiger partial charge is 0.381 e. The lowest BCUT2D eigenvalue weighted by molar-refractivity contribution is 0.622. The van der Waals surface area contributed by atoms with Crippen molar-refractivity contribution in [2.24, 2.45) is 0 Å². The Morgan fingerprint density at radius 2 is 2.25 bits per heavy atom. The highest BCUT2D eigenvalue weighted by Gasteiger charge is 2.05. The van der Waals surface area contributed by atoms with E-state index >= 15 is 0 Å². The maximum atomic E-state index is 12.9. The van der Waals surface area contributed by atoms with Crippen LogP contribution in [0.3, 0.4) is 0 Å². The van der Waals surface area contributed by atoms with Crippen LogP contribution in [0, 0.1) is 12.7 Å². The van der Waals surface area contributed by atoms with Gasteiger partial charge in [0.1, 0.15) is 5.82 Å². The summed E-state index contributed by atoms with van der Waals surface area (Å²) in [6.07, 6.45) is 1.80. The smallest absolute Gasteiger partial charge is 0.159 e. The van der Waals surface area contributed by atoms with Gasteiger partial charge >= 0.3 is 0 Å². The molecule has 0 aliphatic rings. The second kappa shape index (κ2) is 4.25. The van der Waals surface area contributed by atoms with E-state index in [9.17, 15) is 4.39 Å². The zero-order chi connectivity index (χ0) is 11.7. The number of aryl methyl sites for hydroxylation is 1. The van der Waals surface area contributed by atoms with Gasteiger partial charge in [0, 0.05) is 6.20 Å². The van der Waals surface area contributed by atoms with E-state index < -0.39 is 0 Å². The molecule has 5 heteroatoms. The van der Waals surface area contributed by atoms with Gasteiger partial charge < -0.3 is 5.73 Å². The van der Waals surface area contributed by atoms with Crippen molar-refractivity contribution in [1.82, 2.24) is 9.78 Å². The minimum Gasteiger partial charge on any atom is -0.381 e. The van der Waals surface area contributed by atoms with E-state index in [0.717, 1.165) is 15.6 Å². The second-order valence-corrected chi connectivity index (χ2v) is 4.49. The summed E-state index contributed by atoms with van der Waals surface area (Å²) >= 11 is 3.29. The normalized spacial score (nSPS) is 10.7. The molecule has 0 aliphatic heterocycles. The van der Waals surface area contributed by atoms with E-state index in [1.54, 1.807) is 16.9 Å². The molecule has 0 radical (unpaired) electrons. The van der Waals surface area contributed by atoms with Gasteiger partial charge in [-0.1, -0.05) is 6.07 Å². The fourth-order valence-electron chi connectivity index (χ4n) is 1.50. The molecule has 3 nitrogen and oxygen atoms in total. The predicted molar refractivity (Wildman–Crippen MR) is 64.6 cm³/mol. The summed E-state index contributed by atoms with van der Waals surface area (Å²) in [6, 6.07) is 4.72. The van der Waals surface area contributed by atoms with Gasteiger partial charge in [-0.2, -0.15) is 5.10 Å². The zero-order valence-electron chi connectivity index (χ0n) is 8.74. The summed E-state index contributed by atoms with van der Waals surface area (Å²) in [5, 5.41) is 4.12. The van der Waals surface area contributed by atoms with Gasteiger partial charge in [-0.15, -0.1) is 0 Å². The molecule has 0 unspecified atom stereocenters. The SMILES string of the molecule is Cc1cc(F)ccc1Cn1cc(Br)c(N)n1. The molecular formula is C11H11BrFN3. The van der Waals surface area contributed by atoms with Crippen molar-refractivity contribution in [3.05, 3.63) is 45.8 Å². The van der Waals surface area contributed by atoms with Gasteiger partial charge in [-0.25, -0.2) is 4.39 Å². The Bertz CT molecular complexity index is 502. The summed E-state index contributed by atoms with van der Waals surface area (Å²) in [7, 11) is 0. The summed E-state index contributed by atoms with van der Waals surface area (Å²) in [5.41, 5.74) is 7.55. The third-order valence-corrected chi connectivity index (χ3v) is 2.99. The molecule has 0 bridgehead atoms. The van der Waals surface area contributed by atoms with Crippen LogP contribution in [0.2, 0.25) is 0 Å². The molecule has 1 aromatic carbocycles. The number of hydrogen-bond acceptors (Lipinski definition) is 2. The number of anilines is 1. The fraction of sp³-hybridized carbons (Fsp3) is 0.182. The zero-order valence-corrected chi connectivity index (χ0v) is 10.3. The third kappa shape index (κ3) is 2.24. The monoisotopic (exact) mass is 283 g/mol. The van der Waals surface area contributed by atoms with Crippen molar-refractivity contribution in [3.63, 3.8) is 0 Å². The number of nitrogens with zero attached hydrogens (tertiary/aromatic N) is 2. The molecule has 1 heterocycles. The van der Waals surface area contributed by atoms with E-state index in [-0.39, 0.29) is 5.82 Å². The minimum absolute atomic E-state index is 0.220. The first-order chi connectivity index (χ1) is 7.56. The lowest BCUT2D eigenvalue weighted by Crippen LogP contribution is -2.03. The predicted octanol–water partition coefficient (Wildman–Crippen LogP) is 2.72. The van der Waals surface area contributed by atoms with Gasteiger partial charge in [0.15, 0.2) is 5.82 Å². The standard InChI is InChI=1S/C11H11BrFN3/c1-7-4-9(13)3-2-8(7)5-16-6-10(12)11(14)15-16/h2-4,6H,5H2,1H3,(H2,14,15). The molecule has 0 saturated heterocycles. The Morgan fingerprint density at radius 3 is 2.81 bits per heavy atom. The van der Waals surface area contributed by atoms with Gasteiger partial charge in [0.2, 0.25) is 0 Å². The van der Waals surface area contributed by atoms with E-state index in [2.05, 4.69) is 21.0 Å². The second-order valence-electron chi connectivity index (χ2n) is 3.63. The van der Waals surface area contributed by atoms with Gasteiger partial charge in [-0.3, -0.25) is 4.68 Å². The van der Waals surface area contributed by atoms with E-state index in [0.29, 0.717) is 12.4 Å². The maximum absolute atomic E-state index is 12.9. The molecular weight excluding hydrogens is 273 g/mol. The average Bonchev–Trinajstić information content (AvgIpc) is 2.51. The summed E-state index contributed by atoms with van der Waals surface area (Å²) in [4.78, 5) is 0. The molecule has 0 aliphatic carbocycles. The quantitative estimate of drug-likeness (QED) is 0.921. The van der Waals surface area contributed by atoms with Crippen LogP contribution in [0.25, 0.3) is 0 Å². The van der Waals surface area contributed by atoms with Crippen LogP contribution in [0.5, 0.6) is 0 Å². The lowest BCUT2D eigenvalue weighted by atomic mass is 10.1. The van der Waals surface area contributed by atoms with Crippen LogP contribution in [0.1, 0.15) is 11.1 Å². The Hall–Kier alpha value is -1.36.